The smallest absolute Gasteiger partial charge is 0.124 e. The molecule has 0 amide bonds. The molecule has 2 aromatic carbocycles. The summed E-state index contributed by atoms with van der Waals surface area (Å²) in [6, 6.07) is 17.9. The minimum Gasteiger partial charge on any atom is -0.403 e. The maximum Gasteiger partial charge on any atom is 0.124 e. The van der Waals surface area contributed by atoms with Gasteiger partial charge in [0.15, 0.2) is 0 Å². The lowest BCUT2D eigenvalue weighted by Gasteiger charge is -2.27. The summed E-state index contributed by atoms with van der Waals surface area (Å²) >= 11 is 5.44. The van der Waals surface area contributed by atoms with E-state index in [1.54, 1.807) is 12.3 Å². The van der Waals surface area contributed by atoms with E-state index < -0.39 is 0 Å². The highest BCUT2D eigenvalue weighted by Crippen LogP contribution is 2.31. The first-order valence-corrected chi connectivity index (χ1v) is 25.4. The Hall–Kier alpha value is -4.41. The number of likely N-dealkylation sites (N-methyl/N-ethyl adjacent to an activating group) is 1. The van der Waals surface area contributed by atoms with E-state index in [1.807, 2.05) is 57.9 Å². The standard InChI is InChI=1S/C37H52N4S.C9H12O.C5H13N.C4H9N.CH4S/c1-7-22-40(6)29-36(27-38-4)34-16-14-32(15-17-34)33-18-20-35(21-19-33)37(28-39-5)42-25-24-41(23-8-2)30(3)26-31-12-10-9-11-13-31;1-3-5-9(6-4-2)7-8-10;1-3-5-6-4-2;1-3-4(2)5;1-2/h9-10,12,14-21,27-28,38-39H,3,7-8,11,13,22-26,29H2,1-2,4-6H3;3-6,8H,1,7H2,2H3;6H,3-5H2,1-2H3;2-3,5H2,1H3;2H,1H3/b36-27+,37-28-;6-4-,9-5+;;;. The molecule has 1 aliphatic rings. The Morgan fingerprint density at radius 2 is 1.48 bits per heavy atom. The fourth-order valence-corrected chi connectivity index (χ4v) is 7.37. The monoisotopic (exact) mass is 927 g/mol. The first-order valence-electron chi connectivity index (χ1n) is 23.5. The van der Waals surface area contributed by atoms with Gasteiger partial charge in [0.05, 0.1) is 0 Å². The molecule has 3 rings (SSSR count). The van der Waals surface area contributed by atoms with Crippen molar-refractivity contribution in [2.24, 2.45) is 5.73 Å². The lowest BCUT2D eigenvalue weighted by atomic mass is 9.99. The third kappa shape index (κ3) is 31.2. The third-order valence-electron chi connectivity index (χ3n) is 9.65. The van der Waals surface area contributed by atoms with Gasteiger partial charge in [0.1, 0.15) is 6.29 Å². The molecule has 0 saturated heterocycles. The number of nitrogens with one attached hydrogen (secondary N) is 3. The Morgan fingerprint density at radius 1 is 0.877 bits per heavy atom. The minimum absolute atomic E-state index is 0.469. The number of hydrogen-bond donors (Lipinski definition) is 5. The Balaban J connectivity index is 0. The van der Waals surface area contributed by atoms with Crippen molar-refractivity contribution >= 4 is 41.2 Å². The van der Waals surface area contributed by atoms with Crippen LogP contribution in [-0.2, 0) is 4.79 Å². The summed E-state index contributed by atoms with van der Waals surface area (Å²) in [4.78, 5) is 16.2. The molecule has 0 saturated carbocycles. The van der Waals surface area contributed by atoms with Crippen molar-refractivity contribution in [3.05, 3.63) is 157 Å². The van der Waals surface area contributed by atoms with Crippen molar-refractivity contribution in [2.75, 3.05) is 72.4 Å². The summed E-state index contributed by atoms with van der Waals surface area (Å²) in [5.74, 6) is 1.02. The van der Waals surface area contributed by atoms with Crippen LogP contribution in [0.15, 0.2) is 146 Å². The molecule has 0 aromatic heterocycles. The summed E-state index contributed by atoms with van der Waals surface area (Å²) in [6.07, 6.45) is 29.0. The van der Waals surface area contributed by atoms with Crippen LogP contribution in [0.25, 0.3) is 21.6 Å². The van der Waals surface area contributed by atoms with Gasteiger partial charge in [0.25, 0.3) is 0 Å². The Labute approximate surface area is 408 Å². The van der Waals surface area contributed by atoms with E-state index >= 15 is 0 Å². The van der Waals surface area contributed by atoms with Crippen molar-refractivity contribution in [3.8, 4) is 11.1 Å². The van der Waals surface area contributed by atoms with Gasteiger partial charge in [-0.15, -0.1) is 11.8 Å². The normalized spacial score (nSPS) is 12.2. The summed E-state index contributed by atoms with van der Waals surface area (Å²) in [7, 11) is 6.13. The van der Waals surface area contributed by atoms with Gasteiger partial charge in [-0.25, -0.2) is 0 Å². The topological polar surface area (TPSA) is 85.7 Å². The van der Waals surface area contributed by atoms with Gasteiger partial charge in [0, 0.05) is 81.0 Å². The summed E-state index contributed by atoms with van der Waals surface area (Å²) in [5.41, 5.74) is 15.9. The molecule has 0 radical (unpaired) electrons. The van der Waals surface area contributed by atoms with Crippen LogP contribution in [0.2, 0.25) is 0 Å². The van der Waals surface area contributed by atoms with E-state index in [-0.39, 0.29) is 0 Å². The fourth-order valence-electron chi connectivity index (χ4n) is 6.33. The van der Waals surface area contributed by atoms with Crippen LogP contribution in [0, 0.1) is 0 Å². The van der Waals surface area contributed by atoms with Gasteiger partial charge in [0.2, 0.25) is 0 Å². The maximum atomic E-state index is 10.1. The summed E-state index contributed by atoms with van der Waals surface area (Å²) in [5, 5.41) is 9.68. The van der Waals surface area contributed by atoms with Crippen LogP contribution in [0.4, 0.5) is 0 Å². The Kier molecular flexibility index (Phi) is 41.9. The van der Waals surface area contributed by atoms with E-state index in [4.69, 9.17) is 5.73 Å². The zero-order chi connectivity index (χ0) is 49.1. The van der Waals surface area contributed by atoms with Crippen molar-refractivity contribution in [1.82, 2.24) is 25.8 Å². The van der Waals surface area contributed by atoms with E-state index in [1.165, 1.54) is 50.4 Å². The van der Waals surface area contributed by atoms with Crippen molar-refractivity contribution in [3.63, 3.8) is 0 Å². The molecule has 5 N–H and O–H groups in total. The second-order valence-corrected chi connectivity index (χ2v) is 16.4. The van der Waals surface area contributed by atoms with Crippen LogP contribution in [0.5, 0.6) is 0 Å². The number of allylic oxidation sites excluding steroid dienone is 10. The number of rotatable bonds is 26. The number of aldehydes is 1. The Bertz CT molecular complexity index is 1730. The van der Waals surface area contributed by atoms with Crippen LogP contribution in [-0.4, -0.2) is 88.5 Å². The zero-order valence-corrected chi connectivity index (χ0v) is 44.1. The van der Waals surface area contributed by atoms with Crippen LogP contribution in [0.3, 0.4) is 0 Å². The molecule has 1 aliphatic carbocycles. The van der Waals surface area contributed by atoms with Gasteiger partial charge in [-0.1, -0.05) is 151 Å². The predicted molar refractivity (Wildman–Crippen MR) is 299 cm³/mol. The van der Waals surface area contributed by atoms with Crippen LogP contribution >= 0.6 is 24.4 Å². The molecule has 0 spiro atoms. The molecule has 2 aromatic rings. The minimum atomic E-state index is 0.469. The number of thioether (sulfide) groups is 1. The van der Waals surface area contributed by atoms with E-state index in [9.17, 15) is 4.79 Å². The molecule has 0 unspecified atom stereocenters. The molecule has 65 heavy (non-hydrogen) atoms. The predicted octanol–water partition coefficient (Wildman–Crippen LogP) is 13.1. The molecule has 0 heterocycles. The number of thiol groups is 1. The molecule has 0 fully saturated rings. The van der Waals surface area contributed by atoms with Gasteiger partial charge in [-0.3, -0.25) is 0 Å². The molecular weight excluding hydrogens is 837 g/mol. The van der Waals surface area contributed by atoms with Crippen molar-refractivity contribution in [2.45, 2.75) is 92.9 Å². The molecule has 9 heteroatoms. The molecule has 362 valence electrons. The van der Waals surface area contributed by atoms with Gasteiger partial charge < -0.3 is 36.3 Å². The fraction of sp³-hybridized carbons (Fsp3) is 0.446. The third-order valence-corrected chi connectivity index (χ3v) is 10.7. The van der Waals surface area contributed by atoms with Gasteiger partial charge >= 0.3 is 0 Å². The maximum absolute atomic E-state index is 10.1. The quantitative estimate of drug-likeness (QED) is 0.0276. The first kappa shape index (κ1) is 62.7. The van der Waals surface area contributed by atoms with E-state index in [0.29, 0.717) is 6.42 Å². The van der Waals surface area contributed by atoms with Gasteiger partial charge in [-0.2, -0.15) is 12.6 Å². The second kappa shape index (κ2) is 43.5. The highest BCUT2D eigenvalue weighted by atomic mass is 32.2. The average molecular weight is 928 g/mol. The van der Waals surface area contributed by atoms with Crippen LogP contribution < -0.4 is 21.7 Å². The van der Waals surface area contributed by atoms with E-state index in [0.717, 1.165) is 101 Å². The molecule has 0 atom stereocenters. The number of hydrogen-bond acceptors (Lipinski definition) is 9. The molecule has 0 bridgehead atoms. The first-order chi connectivity index (χ1) is 31.5. The number of nitrogens with zero attached hydrogens (tertiary/aromatic N) is 2. The lowest BCUT2D eigenvalue weighted by Crippen LogP contribution is -2.26. The average Bonchev–Trinajstić information content (AvgIpc) is 3.32. The number of benzene rings is 2. The van der Waals surface area contributed by atoms with Crippen molar-refractivity contribution in [1.29, 1.82) is 0 Å². The SMILES string of the molecule is C=C(CC1=CC=CCC1)N(CCC)CCS/C(=C\NC)c1ccc(-c2ccc(/C(=C/NC)CN(C)CCC)cc2)cc1.C=C(N)CC.C=C/C=C(\C=C/C)CC=O.CCCNCC.CS. The highest BCUT2D eigenvalue weighted by Gasteiger charge is 2.12. The largest absolute Gasteiger partial charge is 0.403 e. The van der Waals surface area contributed by atoms with Gasteiger partial charge in [-0.05, 0) is 112 Å². The van der Waals surface area contributed by atoms with Crippen LogP contribution in [0.1, 0.15) is 104 Å². The highest BCUT2D eigenvalue weighted by molar-refractivity contribution is 8.08. The number of carbonyl (C=O) groups excluding carboxylic acids is 1. The molecular formula is C56H90N6OS2. The second-order valence-electron chi connectivity index (χ2n) is 15.2. The molecule has 7 nitrogen and oxygen atoms in total. The number of carbonyl (C=O) groups is 1. The lowest BCUT2D eigenvalue weighted by molar-refractivity contribution is -0.107. The van der Waals surface area contributed by atoms with Crippen molar-refractivity contribution < 1.29 is 4.79 Å². The number of nitrogens with two attached hydrogens (primary N) is 1. The summed E-state index contributed by atoms with van der Waals surface area (Å²) < 4.78 is 0. The molecule has 0 aliphatic heterocycles. The van der Waals surface area contributed by atoms with E-state index in [2.05, 4.69) is 172 Å². The summed E-state index contributed by atoms with van der Waals surface area (Å²) in [6.45, 7) is 30.5. The zero-order valence-electron chi connectivity index (χ0n) is 42.4. The Morgan fingerprint density at radius 3 is 1.92 bits per heavy atom.